The molecule has 0 amide bonds. The van der Waals surface area contributed by atoms with E-state index in [0.717, 1.165) is 16.4 Å². The number of carboxylic acid groups (broad SMARTS) is 1. The number of hydrogen-bond donors (Lipinski definition) is 2. The number of benzene rings is 1. The number of nitrogens with one attached hydrogen (secondary N) is 1. The van der Waals surface area contributed by atoms with Gasteiger partial charge in [0.05, 0.1) is 5.69 Å². The first kappa shape index (κ1) is 11.5. The van der Waals surface area contributed by atoms with Gasteiger partial charge in [-0.15, -0.1) is 0 Å². The first-order valence-electron chi connectivity index (χ1n) is 4.81. The van der Waals surface area contributed by atoms with Crippen molar-refractivity contribution in [1.29, 1.82) is 0 Å². The third-order valence-corrected chi connectivity index (χ3v) is 2.65. The van der Waals surface area contributed by atoms with Gasteiger partial charge in [0.15, 0.2) is 0 Å². The molecule has 0 unspecified atom stereocenters. The summed E-state index contributed by atoms with van der Waals surface area (Å²) in [4.78, 5) is 22.5. The highest BCUT2D eigenvalue weighted by atomic mass is 35.5. The molecule has 17 heavy (non-hydrogen) atoms. The van der Waals surface area contributed by atoms with Crippen molar-refractivity contribution in [2.24, 2.45) is 0 Å². The number of aromatic nitrogens is 2. The second-order valence-electron chi connectivity index (χ2n) is 3.56. The van der Waals surface area contributed by atoms with Gasteiger partial charge in [0, 0.05) is 11.2 Å². The van der Waals surface area contributed by atoms with Crippen molar-refractivity contribution >= 4 is 17.6 Å². The molecule has 0 atom stereocenters. The van der Waals surface area contributed by atoms with Crippen LogP contribution in [0.4, 0.5) is 0 Å². The van der Waals surface area contributed by atoms with Crippen molar-refractivity contribution in [3.63, 3.8) is 0 Å². The third kappa shape index (κ3) is 1.97. The van der Waals surface area contributed by atoms with E-state index < -0.39 is 11.5 Å². The van der Waals surface area contributed by atoms with E-state index in [1.807, 2.05) is 0 Å². The van der Waals surface area contributed by atoms with Crippen LogP contribution in [0.25, 0.3) is 5.69 Å². The number of carbonyl (C=O) groups is 1. The standard InChI is InChI=1S/C11H9ClN2O3/c1-6-2-3-7(12)4-9(6)14-10(15)8(5-13-14)11(16)17/h2-5,13H,1H3,(H,16,17). The topological polar surface area (TPSA) is 75.1 Å². The van der Waals surface area contributed by atoms with E-state index in [2.05, 4.69) is 5.10 Å². The molecule has 1 heterocycles. The van der Waals surface area contributed by atoms with E-state index in [1.165, 1.54) is 0 Å². The highest BCUT2D eigenvalue weighted by molar-refractivity contribution is 6.30. The zero-order valence-corrected chi connectivity index (χ0v) is 9.65. The van der Waals surface area contributed by atoms with Gasteiger partial charge >= 0.3 is 5.97 Å². The summed E-state index contributed by atoms with van der Waals surface area (Å²) in [6, 6.07) is 5.05. The summed E-state index contributed by atoms with van der Waals surface area (Å²) in [6.07, 6.45) is 1.16. The van der Waals surface area contributed by atoms with Crippen LogP contribution in [0.2, 0.25) is 5.02 Å². The minimum atomic E-state index is -1.26. The predicted molar refractivity (Wildman–Crippen MR) is 63.1 cm³/mol. The smallest absolute Gasteiger partial charge is 0.342 e. The van der Waals surface area contributed by atoms with E-state index in [1.54, 1.807) is 25.1 Å². The molecular weight excluding hydrogens is 244 g/mol. The maximum absolute atomic E-state index is 11.8. The first-order chi connectivity index (χ1) is 8.00. The molecule has 0 spiro atoms. The van der Waals surface area contributed by atoms with Crippen LogP contribution in [0, 0.1) is 6.92 Å². The Morgan fingerprint density at radius 1 is 1.47 bits per heavy atom. The van der Waals surface area contributed by atoms with Crippen LogP contribution in [-0.4, -0.2) is 20.9 Å². The number of aryl methyl sites for hydroxylation is 1. The van der Waals surface area contributed by atoms with Gasteiger partial charge in [-0.1, -0.05) is 17.7 Å². The van der Waals surface area contributed by atoms with Crippen molar-refractivity contribution in [3.8, 4) is 5.69 Å². The minimum absolute atomic E-state index is 0.302. The number of rotatable bonds is 2. The normalized spacial score (nSPS) is 10.5. The van der Waals surface area contributed by atoms with Gasteiger partial charge in [-0.2, -0.15) is 0 Å². The third-order valence-electron chi connectivity index (χ3n) is 2.41. The van der Waals surface area contributed by atoms with E-state index in [9.17, 15) is 9.59 Å². The quantitative estimate of drug-likeness (QED) is 0.856. The minimum Gasteiger partial charge on any atom is -0.477 e. The van der Waals surface area contributed by atoms with Gasteiger partial charge in [0.1, 0.15) is 5.56 Å². The number of halogens is 1. The van der Waals surface area contributed by atoms with Gasteiger partial charge in [-0.25, -0.2) is 9.48 Å². The molecule has 2 rings (SSSR count). The second-order valence-corrected chi connectivity index (χ2v) is 4.00. The molecule has 5 nitrogen and oxygen atoms in total. The van der Waals surface area contributed by atoms with Gasteiger partial charge in [0.25, 0.3) is 5.56 Å². The Labute approximate surface area is 101 Å². The lowest BCUT2D eigenvalue weighted by Gasteiger charge is -2.05. The molecule has 2 N–H and O–H groups in total. The molecule has 0 bridgehead atoms. The Bertz CT molecular complexity index is 642. The molecule has 0 aliphatic rings. The van der Waals surface area contributed by atoms with E-state index >= 15 is 0 Å². The van der Waals surface area contributed by atoms with Crippen LogP contribution >= 0.6 is 11.6 Å². The second kappa shape index (κ2) is 4.10. The number of aromatic carboxylic acids is 1. The van der Waals surface area contributed by atoms with Crippen molar-refractivity contribution < 1.29 is 9.90 Å². The number of H-pyrrole nitrogens is 1. The molecule has 0 saturated carbocycles. The van der Waals surface area contributed by atoms with Crippen LogP contribution < -0.4 is 5.56 Å². The molecule has 0 saturated heterocycles. The van der Waals surface area contributed by atoms with Crippen LogP contribution in [0.5, 0.6) is 0 Å². The van der Waals surface area contributed by atoms with E-state index in [-0.39, 0.29) is 5.56 Å². The Balaban J connectivity index is 2.65. The van der Waals surface area contributed by atoms with Gasteiger partial charge in [-0.05, 0) is 24.6 Å². The molecule has 1 aromatic carbocycles. The Hall–Kier alpha value is -2.01. The lowest BCUT2D eigenvalue weighted by Crippen LogP contribution is -2.20. The molecular formula is C11H9ClN2O3. The van der Waals surface area contributed by atoms with Crippen molar-refractivity contribution in [2.45, 2.75) is 6.92 Å². The molecule has 0 radical (unpaired) electrons. The lowest BCUT2D eigenvalue weighted by atomic mass is 10.2. The van der Waals surface area contributed by atoms with Crippen LogP contribution in [0.3, 0.4) is 0 Å². The lowest BCUT2D eigenvalue weighted by molar-refractivity contribution is 0.0695. The SMILES string of the molecule is Cc1ccc(Cl)cc1-n1[nH]cc(C(=O)O)c1=O. The Morgan fingerprint density at radius 3 is 2.76 bits per heavy atom. The highest BCUT2D eigenvalue weighted by Gasteiger charge is 2.14. The van der Waals surface area contributed by atoms with E-state index in [0.29, 0.717) is 10.7 Å². The molecule has 2 aromatic rings. The number of hydrogen-bond acceptors (Lipinski definition) is 2. The van der Waals surface area contributed by atoms with Crippen LogP contribution in [0.15, 0.2) is 29.2 Å². The summed E-state index contributed by atoms with van der Waals surface area (Å²) in [6.45, 7) is 1.80. The average Bonchev–Trinajstić information content (AvgIpc) is 2.64. The number of nitrogens with zero attached hydrogens (tertiary/aromatic N) is 1. The zero-order chi connectivity index (χ0) is 12.6. The fraction of sp³-hybridized carbons (Fsp3) is 0.0909. The summed E-state index contributed by atoms with van der Waals surface area (Å²) in [5.41, 5.74) is 0.442. The molecule has 0 aliphatic carbocycles. The summed E-state index contributed by atoms with van der Waals surface area (Å²) in [7, 11) is 0. The monoisotopic (exact) mass is 252 g/mol. The van der Waals surface area contributed by atoms with Gasteiger partial charge in [-0.3, -0.25) is 9.89 Å². The number of carboxylic acids is 1. The summed E-state index contributed by atoms with van der Waals surface area (Å²) in [5.74, 6) is -1.26. The molecule has 6 heteroatoms. The van der Waals surface area contributed by atoms with Crippen molar-refractivity contribution in [3.05, 3.63) is 50.9 Å². The average molecular weight is 253 g/mol. The molecule has 88 valence electrons. The van der Waals surface area contributed by atoms with Crippen molar-refractivity contribution in [2.75, 3.05) is 0 Å². The maximum Gasteiger partial charge on any atom is 0.342 e. The van der Waals surface area contributed by atoms with Gasteiger partial charge < -0.3 is 5.11 Å². The largest absolute Gasteiger partial charge is 0.477 e. The summed E-state index contributed by atoms with van der Waals surface area (Å²) >= 11 is 5.84. The Morgan fingerprint density at radius 2 is 2.18 bits per heavy atom. The van der Waals surface area contributed by atoms with E-state index in [4.69, 9.17) is 16.7 Å². The highest BCUT2D eigenvalue weighted by Crippen LogP contribution is 2.17. The summed E-state index contributed by atoms with van der Waals surface area (Å²) in [5, 5.41) is 11.9. The van der Waals surface area contributed by atoms with Crippen LogP contribution in [0.1, 0.15) is 15.9 Å². The predicted octanol–water partition coefficient (Wildman–Crippen LogP) is 1.83. The Kier molecular flexibility index (Phi) is 2.77. The number of aromatic amines is 1. The van der Waals surface area contributed by atoms with Crippen LogP contribution in [-0.2, 0) is 0 Å². The fourth-order valence-corrected chi connectivity index (χ4v) is 1.69. The molecule has 1 aromatic heterocycles. The molecule has 0 fully saturated rings. The summed E-state index contributed by atoms with van der Waals surface area (Å²) < 4.78 is 1.16. The fourth-order valence-electron chi connectivity index (χ4n) is 1.53. The zero-order valence-electron chi connectivity index (χ0n) is 8.90. The first-order valence-corrected chi connectivity index (χ1v) is 5.19. The van der Waals surface area contributed by atoms with Gasteiger partial charge in [0.2, 0.25) is 0 Å². The molecule has 0 aliphatic heterocycles. The maximum atomic E-state index is 11.8. The van der Waals surface area contributed by atoms with Crippen molar-refractivity contribution in [1.82, 2.24) is 9.78 Å².